The molecule has 2 aromatic rings. The lowest BCUT2D eigenvalue weighted by molar-refractivity contribution is -0.384. The fourth-order valence-electron chi connectivity index (χ4n) is 3.86. The maximum atomic E-state index is 11.0. The van der Waals surface area contributed by atoms with Gasteiger partial charge in [0.1, 0.15) is 11.5 Å². The molecule has 0 saturated carbocycles. The first-order valence-electron chi connectivity index (χ1n) is 11.6. The molecule has 0 amide bonds. The molecule has 0 heterocycles. The molecule has 0 aliphatic carbocycles. The van der Waals surface area contributed by atoms with Gasteiger partial charge >= 0.3 is 5.97 Å². The molecule has 0 spiro atoms. The van der Waals surface area contributed by atoms with E-state index >= 15 is 0 Å². The Balaban J connectivity index is 1.78. The number of nitro groups is 1. The van der Waals surface area contributed by atoms with Crippen LogP contribution in [0, 0.1) is 10.1 Å². The van der Waals surface area contributed by atoms with Gasteiger partial charge in [-0.05, 0) is 37.1 Å². The van der Waals surface area contributed by atoms with Gasteiger partial charge in [-0.25, -0.2) is 0 Å². The second-order valence-electron chi connectivity index (χ2n) is 8.30. The molecule has 2 rings (SSSR count). The molecule has 8 heteroatoms. The second-order valence-corrected chi connectivity index (χ2v) is 8.30. The first-order valence-corrected chi connectivity index (χ1v) is 11.6. The van der Waals surface area contributed by atoms with Gasteiger partial charge in [-0.15, -0.1) is 0 Å². The number of carboxylic acids is 1. The van der Waals surface area contributed by atoms with Crippen LogP contribution in [0.2, 0.25) is 0 Å². The third-order valence-corrected chi connectivity index (χ3v) is 5.68. The minimum Gasteiger partial charge on any atom is -0.508 e. The molecular formula is C25H34N2O6. The summed E-state index contributed by atoms with van der Waals surface area (Å²) in [7, 11) is 0. The van der Waals surface area contributed by atoms with Crippen molar-refractivity contribution in [1.29, 1.82) is 0 Å². The molecule has 1 atom stereocenters. The molecule has 2 aromatic carbocycles. The number of nitro benzene ring substituents is 1. The number of hydrogen-bond donors (Lipinski definition) is 4. The van der Waals surface area contributed by atoms with E-state index in [0.29, 0.717) is 5.56 Å². The number of carbonyl (C=O) groups is 1. The third-order valence-electron chi connectivity index (χ3n) is 5.68. The summed E-state index contributed by atoms with van der Waals surface area (Å²) in [6.45, 7) is 0.719. The van der Waals surface area contributed by atoms with Gasteiger partial charge in [0.25, 0.3) is 5.69 Å². The Bertz CT molecular complexity index is 885. The number of phenolic OH excluding ortho intramolecular Hbond substituents is 2. The Labute approximate surface area is 194 Å². The minimum absolute atomic E-state index is 0.00862. The Morgan fingerprint density at radius 3 is 2.00 bits per heavy atom. The monoisotopic (exact) mass is 458 g/mol. The normalized spacial score (nSPS) is 11.9. The van der Waals surface area contributed by atoms with Gasteiger partial charge in [0.15, 0.2) is 0 Å². The highest BCUT2D eigenvalue weighted by Crippen LogP contribution is 2.32. The van der Waals surface area contributed by atoms with E-state index in [1.54, 1.807) is 18.2 Å². The van der Waals surface area contributed by atoms with Crippen molar-refractivity contribution in [2.24, 2.45) is 0 Å². The number of rotatable bonds is 16. The van der Waals surface area contributed by atoms with E-state index < -0.39 is 10.9 Å². The highest BCUT2D eigenvalue weighted by Gasteiger charge is 2.18. The standard InChI is InChI=1S/C25H34N2O6/c28-21-15-16-22(23(29)18-21)25(19-11-13-20(14-12-19)27(32)33)26-17-9-7-5-3-1-2-4-6-8-10-24(30)31/h11-16,18,25-26,28-29H,1-10,17H2,(H,30,31). The summed E-state index contributed by atoms with van der Waals surface area (Å²) in [4.78, 5) is 21.0. The van der Waals surface area contributed by atoms with Gasteiger partial charge < -0.3 is 20.6 Å². The summed E-state index contributed by atoms with van der Waals surface area (Å²) in [6, 6.07) is 10.4. The van der Waals surface area contributed by atoms with Gasteiger partial charge in [0.05, 0.1) is 11.0 Å². The summed E-state index contributed by atoms with van der Waals surface area (Å²) in [5.41, 5.74) is 1.41. The van der Waals surface area contributed by atoms with Crippen LogP contribution < -0.4 is 5.32 Å². The summed E-state index contributed by atoms with van der Waals surface area (Å²) in [5, 5.41) is 43.0. The van der Waals surface area contributed by atoms with Crippen LogP contribution in [0.1, 0.15) is 81.4 Å². The zero-order valence-electron chi connectivity index (χ0n) is 18.9. The van der Waals surface area contributed by atoms with Crippen LogP contribution in [0.25, 0.3) is 0 Å². The van der Waals surface area contributed by atoms with Crippen LogP contribution in [-0.4, -0.2) is 32.8 Å². The zero-order chi connectivity index (χ0) is 24.1. The lowest BCUT2D eigenvalue weighted by Gasteiger charge is -2.21. The molecule has 8 nitrogen and oxygen atoms in total. The SMILES string of the molecule is O=C(O)CCCCCCCCCCCNC(c1ccc([N+](=O)[O-])cc1)c1ccc(O)cc1O. The van der Waals surface area contributed by atoms with Crippen LogP contribution in [0.15, 0.2) is 42.5 Å². The number of benzene rings is 2. The maximum absolute atomic E-state index is 11.0. The number of carboxylic acid groups (broad SMARTS) is 1. The molecule has 0 aliphatic heterocycles. The van der Waals surface area contributed by atoms with Crippen LogP contribution in [0.3, 0.4) is 0 Å². The van der Waals surface area contributed by atoms with Crippen LogP contribution in [0.4, 0.5) is 5.69 Å². The molecule has 4 N–H and O–H groups in total. The molecule has 0 aliphatic rings. The number of aromatic hydroxyl groups is 2. The van der Waals surface area contributed by atoms with E-state index in [9.17, 15) is 25.1 Å². The topological polar surface area (TPSA) is 133 Å². The van der Waals surface area contributed by atoms with Crippen molar-refractivity contribution >= 4 is 11.7 Å². The van der Waals surface area contributed by atoms with E-state index in [2.05, 4.69) is 5.32 Å². The van der Waals surface area contributed by atoms with Crippen LogP contribution in [0.5, 0.6) is 11.5 Å². The van der Waals surface area contributed by atoms with Gasteiger partial charge in [0, 0.05) is 30.2 Å². The van der Waals surface area contributed by atoms with E-state index in [-0.39, 0.29) is 29.6 Å². The fraction of sp³-hybridized carbons (Fsp3) is 0.480. The average molecular weight is 459 g/mol. The minimum atomic E-state index is -0.722. The van der Waals surface area contributed by atoms with Crippen molar-refractivity contribution in [3.63, 3.8) is 0 Å². The molecule has 0 saturated heterocycles. The summed E-state index contributed by atoms with van der Waals surface area (Å²) in [6.07, 6.45) is 9.69. The van der Waals surface area contributed by atoms with Crippen molar-refractivity contribution in [2.75, 3.05) is 6.54 Å². The predicted octanol–water partition coefficient (Wildman–Crippen LogP) is 5.67. The summed E-state index contributed by atoms with van der Waals surface area (Å²) < 4.78 is 0. The molecule has 0 bridgehead atoms. The highest BCUT2D eigenvalue weighted by molar-refractivity contribution is 5.66. The number of nitrogens with zero attached hydrogens (tertiary/aromatic N) is 1. The molecule has 180 valence electrons. The van der Waals surface area contributed by atoms with E-state index in [0.717, 1.165) is 69.9 Å². The van der Waals surface area contributed by atoms with Gasteiger partial charge in [-0.3, -0.25) is 14.9 Å². The zero-order valence-corrected chi connectivity index (χ0v) is 18.9. The van der Waals surface area contributed by atoms with Gasteiger partial charge in [-0.2, -0.15) is 0 Å². The molecule has 1 unspecified atom stereocenters. The Kier molecular flexibility index (Phi) is 11.2. The largest absolute Gasteiger partial charge is 0.508 e. The summed E-state index contributed by atoms with van der Waals surface area (Å²) >= 11 is 0. The van der Waals surface area contributed by atoms with Crippen LogP contribution >= 0.6 is 0 Å². The van der Waals surface area contributed by atoms with Gasteiger partial charge in [-0.1, -0.05) is 57.1 Å². The van der Waals surface area contributed by atoms with Crippen molar-refractivity contribution in [1.82, 2.24) is 5.32 Å². The first-order chi connectivity index (χ1) is 15.9. The van der Waals surface area contributed by atoms with Crippen molar-refractivity contribution in [3.05, 3.63) is 63.7 Å². The van der Waals surface area contributed by atoms with Crippen molar-refractivity contribution in [2.45, 2.75) is 70.3 Å². The Hall–Kier alpha value is -3.13. The number of phenols is 2. The van der Waals surface area contributed by atoms with E-state index in [1.165, 1.54) is 24.3 Å². The lowest BCUT2D eigenvalue weighted by Crippen LogP contribution is -2.23. The quantitative estimate of drug-likeness (QED) is 0.145. The third kappa shape index (κ3) is 9.49. The number of nitrogens with one attached hydrogen (secondary N) is 1. The molecular weight excluding hydrogens is 424 g/mol. The maximum Gasteiger partial charge on any atom is 0.303 e. The van der Waals surface area contributed by atoms with Crippen molar-refractivity contribution < 1.29 is 25.0 Å². The second kappa shape index (κ2) is 14.1. The smallest absolute Gasteiger partial charge is 0.303 e. The predicted molar refractivity (Wildman–Crippen MR) is 127 cm³/mol. The number of aliphatic carboxylic acids is 1. The van der Waals surface area contributed by atoms with E-state index in [1.807, 2.05) is 0 Å². The Morgan fingerprint density at radius 1 is 0.879 bits per heavy atom. The number of non-ortho nitro benzene ring substituents is 1. The van der Waals surface area contributed by atoms with Gasteiger partial charge in [0.2, 0.25) is 0 Å². The molecule has 0 radical (unpaired) electrons. The highest BCUT2D eigenvalue weighted by atomic mass is 16.6. The first kappa shape index (κ1) is 26.1. The molecule has 0 fully saturated rings. The number of hydrogen-bond acceptors (Lipinski definition) is 6. The number of unbranched alkanes of at least 4 members (excludes halogenated alkanes) is 8. The van der Waals surface area contributed by atoms with Crippen LogP contribution in [-0.2, 0) is 4.79 Å². The molecule has 33 heavy (non-hydrogen) atoms. The summed E-state index contributed by atoms with van der Waals surface area (Å²) in [5.74, 6) is -0.783. The molecule has 0 aromatic heterocycles. The average Bonchev–Trinajstić information content (AvgIpc) is 2.77. The lowest BCUT2D eigenvalue weighted by atomic mass is 9.97. The fourth-order valence-corrected chi connectivity index (χ4v) is 3.86. The van der Waals surface area contributed by atoms with Crippen molar-refractivity contribution in [3.8, 4) is 11.5 Å². The Morgan fingerprint density at radius 2 is 1.45 bits per heavy atom. The van der Waals surface area contributed by atoms with E-state index in [4.69, 9.17) is 5.11 Å².